The second-order valence-corrected chi connectivity index (χ2v) is 13.6. The van der Waals surface area contributed by atoms with Gasteiger partial charge in [-0.1, -0.05) is 143 Å². The average Bonchev–Trinajstić information content (AvgIpc) is 3.04. The van der Waals surface area contributed by atoms with Crippen molar-refractivity contribution in [1.29, 1.82) is 0 Å². The Hall–Kier alpha value is -1.10. The van der Waals surface area contributed by atoms with Gasteiger partial charge in [-0.2, -0.15) is 0 Å². The molecule has 0 aromatic carbocycles. The Morgan fingerprint density at radius 3 is 1.36 bits per heavy atom. The summed E-state index contributed by atoms with van der Waals surface area (Å²) < 4.78 is 11.4. The van der Waals surface area contributed by atoms with E-state index in [1.54, 1.807) is 0 Å². The van der Waals surface area contributed by atoms with Gasteiger partial charge in [0.05, 0.1) is 6.61 Å². The minimum Gasteiger partial charge on any atom is -0.466 e. The summed E-state index contributed by atoms with van der Waals surface area (Å²) in [6.07, 6.45) is 33.7. The smallest absolute Gasteiger partial charge is 0.306 e. The number of ether oxygens (including phenoxy) is 2. The first kappa shape index (κ1) is 43.9. The molecule has 0 aromatic rings. The first-order valence-corrected chi connectivity index (χ1v) is 20.1. The minimum absolute atomic E-state index is 0.0184. The second-order valence-electron chi connectivity index (χ2n) is 13.6. The maximum atomic E-state index is 12.7. The highest BCUT2D eigenvalue weighted by molar-refractivity contribution is 5.69. The van der Waals surface area contributed by atoms with Crippen LogP contribution < -0.4 is 0 Å². The predicted molar refractivity (Wildman–Crippen MR) is 194 cm³/mol. The summed E-state index contributed by atoms with van der Waals surface area (Å²) in [4.78, 5) is 27.1. The third kappa shape index (κ3) is 32.6. The van der Waals surface area contributed by atoms with E-state index < -0.39 is 0 Å². The summed E-state index contributed by atoms with van der Waals surface area (Å²) in [5.74, 6) is 0.0120. The van der Waals surface area contributed by atoms with Gasteiger partial charge < -0.3 is 14.4 Å². The number of unbranched alkanes of at least 4 members (excludes halogenated alkanes) is 20. The minimum atomic E-state index is -0.0184. The lowest BCUT2D eigenvalue weighted by molar-refractivity contribution is -0.150. The number of carbonyl (C=O) groups is 2. The molecule has 45 heavy (non-hydrogen) atoms. The highest BCUT2D eigenvalue weighted by atomic mass is 16.5. The van der Waals surface area contributed by atoms with Crippen LogP contribution in [0, 0.1) is 0 Å². The number of esters is 2. The molecule has 5 heteroatoms. The summed E-state index contributed by atoms with van der Waals surface area (Å²) in [7, 11) is 0. The molecule has 0 amide bonds. The number of hydrogen-bond acceptors (Lipinski definition) is 5. The van der Waals surface area contributed by atoms with Gasteiger partial charge in [0.1, 0.15) is 6.10 Å². The Bertz CT molecular complexity index is 609. The molecule has 0 aliphatic heterocycles. The van der Waals surface area contributed by atoms with Crippen LogP contribution in [-0.4, -0.2) is 49.2 Å². The van der Waals surface area contributed by atoms with E-state index in [4.69, 9.17) is 9.47 Å². The Labute approximate surface area is 281 Å². The number of nitrogens with zero attached hydrogens (tertiary/aromatic N) is 1. The Balaban J connectivity index is 3.94. The maximum absolute atomic E-state index is 12.7. The normalized spacial score (nSPS) is 11.5. The zero-order chi connectivity index (χ0) is 33.1. The predicted octanol–water partition coefficient (Wildman–Crippen LogP) is 12.1. The van der Waals surface area contributed by atoms with Crippen molar-refractivity contribution in [2.75, 3.05) is 26.2 Å². The van der Waals surface area contributed by atoms with Gasteiger partial charge >= 0.3 is 11.9 Å². The number of hydrogen-bond donors (Lipinski definition) is 0. The molecule has 0 aromatic heterocycles. The van der Waals surface area contributed by atoms with Gasteiger partial charge in [-0.3, -0.25) is 9.59 Å². The average molecular weight is 638 g/mol. The summed E-state index contributed by atoms with van der Waals surface area (Å²) in [5, 5.41) is 0. The molecule has 0 atom stereocenters. The molecule has 5 nitrogen and oxygen atoms in total. The Morgan fingerprint density at radius 1 is 0.467 bits per heavy atom. The molecule has 0 spiro atoms. The van der Waals surface area contributed by atoms with Crippen LogP contribution >= 0.6 is 0 Å². The first-order valence-electron chi connectivity index (χ1n) is 20.1. The van der Waals surface area contributed by atoms with Crippen LogP contribution in [-0.2, 0) is 19.1 Å². The van der Waals surface area contributed by atoms with Crippen molar-refractivity contribution in [2.45, 2.75) is 220 Å². The number of rotatable bonds is 36. The molecule has 0 saturated carbocycles. The van der Waals surface area contributed by atoms with E-state index in [2.05, 4.69) is 32.6 Å². The van der Waals surface area contributed by atoms with E-state index in [9.17, 15) is 9.59 Å². The van der Waals surface area contributed by atoms with Crippen molar-refractivity contribution in [3.8, 4) is 0 Å². The molecule has 0 aliphatic carbocycles. The van der Waals surface area contributed by atoms with Gasteiger partial charge in [0.15, 0.2) is 0 Å². The summed E-state index contributed by atoms with van der Waals surface area (Å²) >= 11 is 0. The van der Waals surface area contributed by atoms with Crippen molar-refractivity contribution < 1.29 is 19.1 Å². The summed E-state index contributed by atoms with van der Waals surface area (Å²) in [6.45, 7) is 13.0. The fourth-order valence-corrected chi connectivity index (χ4v) is 6.12. The molecule has 0 unspecified atom stereocenters. The van der Waals surface area contributed by atoms with Gasteiger partial charge in [-0.15, -0.1) is 0 Å². The van der Waals surface area contributed by atoms with E-state index in [1.807, 2.05) is 0 Å². The SMILES string of the molecule is CCCCCCCCC(CCCCCCCC)OC(=O)CCCCCCN(CC)CCCCCCC(=O)OCCCCCCC. The lowest BCUT2D eigenvalue weighted by atomic mass is 10.0. The van der Waals surface area contributed by atoms with Gasteiger partial charge in [-0.05, 0) is 77.4 Å². The van der Waals surface area contributed by atoms with E-state index in [0.29, 0.717) is 19.4 Å². The Kier molecular flexibility index (Phi) is 34.9. The lowest BCUT2D eigenvalue weighted by Gasteiger charge is -2.20. The van der Waals surface area contributed by atoms with Crippen LogP contribution in [0.5, 0.6) is 0 Å². The van der Waals surface area contributed by atoms with Crippen molar-refractivity contribution in [3.05, 3.63) is 0 Å². The van der Waals surface area contributed by atoms with Gasteiger partial charge in [0.2, 0.25) is 0 Å². The zero-order valence-corrected chi connectivity index (χ0v) is 31.0. The van der Waals surface area contributed by atoms with Crippen molar-refractivity contribution in [3.63, 3.8) is 0 Å². The standard InChI is InChI=1S/C40H79NO4/c1-5-9-12-15-17-24-31-38(32-25-18-16-13-10-6-2)45-40(43)34-27-20-22-29-36-41(8-4)35-28-21-19-26-33-39(42)44-37-30-23-14-11-7-3/h38H,5-37H2,1-4H3. The molecule has 0 heterocycles. The zero-order valence-electron chi connectivity index (χ0n) is 31.0. The Morgan fingerprint density at radius 2 is 0.867 bits per heavy atom. The largest absolute Gasteiger partial charge is 0.466 e. The van der Waals surface area contributed by atoms with E-state index in [0.717, 1.165) is 64.6 Å². The molecular weight excluding hydrogens is 558 g/mol. The summed E-state index contributed by atoms with van der Waals surface area (Å²) in [6, 6.07) is 0. The van der Waals surface area contributed by atoms with Crippen LogP contribution in [0.15, 0.2) is 0 Å². The van der Waals surface area contributed by atoms with Crippen molar-refractivity contribution in [1.82, 2.24) is 4.90 Å². The first-order chi connectivity index (χ1) is 22.1. The van der Waals surface area contributed by atoms with E-state index in [-0.39, 0.29) is 18.0 Å². The molecule has 0 N–H and O–H groups in total. The third-order valence-electron chi connectivity index (χ3n) is 9.23. The van der Waals surface area contributed by atoms with Gasteiger partial charge in [-0.25, -0.2) is 0 Å². The monoisotopic (exact) mass is 638 g/mol. The highest BCUT2D eigenvalue weighted by Crippen LogP contribution is 2.18. The van der Waals surface area contributed by atoms with Crippen LogP contribution in [0.1, 0.15) is 214 Å². The molecule has 0 saturated heterocycles. The van der Waals surface area contributed by atoms with Crippen LogP contribution in [0.2, 0.25) is 0 Å². The van der Waals surface area contributed by atoms with Crippen molar-refractivity contribution in [2.24, 2.45) is 0 Å². The summed E-state index contributed by atoms with van der Waals surface area (Å²) in [5.41, 5.74) is 0. The molecule has 0 radical (unpaired) electrons. The fourth-order valence-electron chi connectivity index (χ4n) is 6.12. The molecular formula is C40H79NO4. The van der Waals surface area contributed by atoms with Gasteiger partial charge in [0, 0.05) is 12.8 Å². The van der Waals surface area contributed by atoms with Crippen LogP contribution in [0.4, 0.5) is 0 Å². The maximum Gasteiger partial charge on any atom is 0.306 e. The van der Waals surface area contributed by atoms with E-state index in [1.165, 1.54) is 128 Å². The van der Waals surface area contributed by atoms with Crippen LogP contribution in [0.3, 0.4) is 0 Å². The lowest BCUT2D eigenvalue weighted by Crippen LogP contribution is -2.25. The van der Waals surface area contributed by atoms with Crippen LogP contribution in [0.25, 0.3) is 0 Å². The highest BCUT2D eigenvalue weighted by Gasteiger charge is 2.14. The molecule has 0 bridgehead atoms. The fraction of sp³-hybridized carbons (Fsp3) is 0.950. The molecule has 268 valence electrons. The topological polar surface area (TPSA) is 55.8 Å². The second kappa shape index (κ2) is 35.7. The molecule has 0 fully saturated rings. The van der Waals surface area contributed by atoms with Gasteiger partial charge in [0.25, 0.3) is 0 Å². The molecule has 0 rings (SSSR count). The third-order valence-corrected chi connectivity index (χ3v) is 9.23. The van der Waals surface area contributed by atoms with E-state index >= 15 is 0 Å². The molecule has 0 aliphatic rings. The quantitative estimate of drug-likeness (QED) is 0.0505. The van der Waals surface area contributed by atoms with Crippen molar-refractivity contribution >= 4 is 11.9 Å². The number of carbonyl (C=O) groups excluding carboxylic acids is 2.